The van der Waals surface area contributed by atoms with Gasteiger partial charge in [0.2, 0.25) is 0 Å². The van der Waals surface area contributed by atoms with E-state index in [0.717, 1.165) is 25.9 Å². The lowest BCUT2D eigenvalue weighted by Crippen LogP contribution is -2.49. The van der Waals surface area contributed by atoms with Crippen LogP contribution < -0.4 is 10.6 Å². The highest BCUT2D eigenvalue weighted by Gasteiger charge is 2.25. The number of carbonyl (C=O) groups excluding carboxylic acids is 1. The number of hydrogen-bond donors (Lipinski definition) is 4. The molecule has 0 aliphatic heterocycles. The molecule has 0 aliphatic rings. The van der Waals surface area contributed by atoms with E-state index in [2.05, 4.69) is 20.9 Å². The second-order valence-corrected chi connectivity index (χ2v) is 7.48. The monoisotopic (exact) mass is 356 g/mol. The van der Waals surface area contributed by atoms with E-state index in [4.69, 9.17) is 5.21 Å². The lowest BCUT2D eigenvalue weighted by atomic mass is 9.93. The van der Waals surface area contributed by atoms with Crippen LogP contribution in [0.1, 0.15) is 73.6 Å². The number of ketones is 1. The van der Waals surface area contributed by atoms with Crippen molar-refractivity contribution in [2.75, 3.05) is 13.1 Å². The van der Waals surface area contributed by atoms with Gasteiger partial charge in [0, 0.05) is 12.8 Å². The van der Waals surface area contributed by atoms with Crippen LogP contribution in [-0.2, 0) is 4.79 Å². The summed E-state index contributed by atoms with van der Waals surface area (Å²) in [5.74, 6) is 0.201. The first-order valence-corrected chi connectivity index (χ1v) is 9.03. The fourth-order valence-corrected chi connectivity index (χ4v) is 2.39. The van der Waals surface area contributed by atoms with Gasteiger partial charge in [-0.15, -0.1) is 0 Å². The molecule has 0 fully saturated rings. The average molecular weight is 357 g/mol. The first kappa shape index (κ1) is 23.5. The van der Waals surface area contributed by atoms with Crippen LogP contribution in [0.2, 0.25) is 0 Å². The molecule has 0 aliphatic carbocycles. The number of oxime groups is 2. The van der Waals surface area contributed by atoms with Crippen LogP contribution in [0.3, 0.4) is 0 Å². The van der Waals surface area contributed by atoms with Crippen molar-refractivity contribution in [3.8, 4) is 0 Å². The van der Waals surface area contributed by atoms with Crippen molar-refractivity contribution in [2.45, 2.75) is 84.7 Å². The van der Waals surface area contributed by atoms with E-state index >= 15 is 0 Å². The summed E-state index contributed by atoms with van der Waals surface area (Å²) in [6.07, 6.45) is 3.15. The number of nitrogens with zero attached hydrogens (tertiary/aromatic N) is 2. The Kier molecular flexibility index (Phi) is 10.5. The van der Waals surface area contributed by atoms with Crippen molar-refractivity contribution in [1.82, 2.24) is 10.6 Å². The van der Waals surface area contributed by atoms with E-state index in [0.29, 0.717) is 30.7 Å². The zero-order valence-electron chi connectivity index (χ0n) is 16.6. The normalized spacial score (nSPS) is 14.0. The Labute approximate surface area is 151 Å². The molecule has 7 heteroatoms. The molecule has 4 N–H and O–H groups in total. The van der Waals surface area contributed by atoms with E-state index in [1.54, 1.807) is 6.92 Å². The quantitative estimate of drug-likeness (QED) is 0.176. The third-order valence-corrected chi connectivity index (χ3v) is 4.55. The van der Waals surface area contributed by atoms with Gasteiger partial charge >= 0.3 is 0 Å². The summed E-state index contributed by atoms with van der Waals surface area (Å²) in [4.78, 5) is 11.7. The Morgan fingerprint density at radius 2 is 1.48 bits per heavy atom. The van der Waals surface area contributed by atoms with E-state index < -0.39 is 5.54 Å². The minimum absolute atomic E-state index is 0.201. The number of rotatable bonds is 13. The highest BCUT2D eigenvalue weighted by Crippen LogP contribution is 2.12. The molecule has 0 unspecified atom stereocenters. The molecule has 0 aromatic carbocycles. The van der Waals surface area contributed by atoms with Gasteiger partial charge in [-0.3, -0.25) is 4.79 Å². The summed E-state index contributed by atoms with van der Waals surface area (Å²) in [5, 5.41) is 31.5. The Balaban J connectivity index is 4.31. The fourth-order valence-electron chi connectivity index (χ4n) is 2.39. The van der Waals surface area contributed by atoms with E-state index in [9.17, 15) is 10.0 Å². The minimum Gasteiger partial charge on any atom is -0.411 e. The first-order chi connectivity index (χ1) is 11.6. The van der Waals surface area contributed by atoms with Gasteiger partial charge in [0.1, 0.15) is 5.78 Å². The zero-order valence-corrected chi connectivity index (χ0v) is 16.6. The molecule has 0 aromatic rings. The highest BCUT2D eigenvalue weighted by molar-refractivity contribution is 5.95. The largest absolute Gasteiger partial charge is 0.411 e. The van der Waals surface area contributed by atoms with Crippen LogP contribution in [0.4, 0.5) is 0 Å². The van der Waals surface area contributed by atoms with E-state index in [-0.39, 0.29) is 11.3 Å². The molecule has 0 amide bonds. The Hall–Kier alpha value is -1.47. The van der Waals surface area contributed by atoms with Crippen molar-refractivity contribution < 1.29 is 15.2 Å². The molecule has 25 heavy (non-hydrogen) atoms. The molecule has 7 nitrogen and oxygen atoms in total. The standard InChI is InChI=1S/C18H36N4O3/c1-7-9-15(23)10-11-16(22-25)18(5,6)20-13-8-12-19-17(3,4)14(2)21-24/h19-20,24-25H,7-13H2,1-6H3/b21-14+,22-16+. The molecule has 0 saturated carbocycles. The van der Waals surface area contributed by atoms with Gasteiger partial charge in [-0.2, -0.15) is 0 Å². The van der Waals surface area contributed by atoms with Gasteiger partial charge in [0.05, 0.1) is 22.5 Å². The Morgan fingerprint density at radius 3 is 1.96 bits per heavy atom. The number of carbonyl (C=O) groups is 1. The molecule has 0 aromatic heterocycles. The van der Waals surface area contributed by atoms with Crippen molar-refractivity contribution in [2.24, 2.45) is 10.3 Å². The van der Waals surface area contributed by atoms with E-state index in [1.807, 2.05) is 34.6 Å². The smallest absolute Gasteiger partial charge is 0.133 e. The third-order valence-electron chi connectivity index (χ3n) is 4.55. The molecule has 0 spiro atoms. The second kappa shape index (κ2) is 11.2. The zero-order chi connectivity index (χ0) is 19.5. The van der Waals surface area contributed by atoms with Crippen LogP contribution >= 0.6 is 0 Å². The second-order valence-electron chi connectivity index (χ2n) is 7.48. The maximum absolute atomic E-state index is 11.7. The lowest BCUT2D eigenvalue weighted by Gasteiger charge is -2.28. The van der Waals surface area contributed by atoms with Crippen molar-refractivity contribution in [1.29, 1.82) is 0 Å². The van der Waals surface area contributed by atoms with Crippen molar-refractivity contribution in [3.63, 3.8) is 0 Å². The topological polar surface area (TPSA) is 106 Å². The van der Waals surface area contributed by atoms with Gasteiger partial charge in [-0.25, -0.2) is 0 Å². The van der Waals surface area contributed by atoms with Gasteiger partial charge < -0.3 is 21.0 Å². The summed E-state index contributed by atoms with van der Waals surface area (Å²) >= 11 is 0. The third kappa shape index (κ3) is 8.97. The molecular formula is C18H36N4O3. The highest BCUT2D eigenvalue weighted by atomic mass is 16.4. The van der Waals surface area contributed by atoms with E-state index in [1.165, 1.54) is 0 Å². The molecule has 0 radical (unpaired) electrons. The van der Waals surface area contributed by atoms with Gasteiger partial charge in [0.15, 0.2) is 0 Å². The van der Waals surface area contributed by atoms with Crippen molar-refractivity contribution in [3.05, 3.63) is 0 Å². The summed E-state index contributed by atoms with van der Waals surface area (Å²) in [5.41, 5.74) is 0.390. The SMILES string of the molecule is CCCC(=O)CC/C(=N\O)C(C)(C)NCCCNC(C)(C)/C(C)=N/O. The van der Waals surface area contributed by atoms with Gasteiger partial charge in [-0.05, 0) is 67.0 Å². The van der Waals surface area contributed by atoms with Crippen LogP contribution in [0, 0.1) is 0 Å². The first-order valence-electron chi connectivity index (χ1n) is 9.03. The maximum atomic E-state index is 11.7. The van der Waals surface area contributed by atoms with Crippen LogP contribution in [0.25, 0.3) is 0 Å². The van der Waals surface area contributed by atoms with Crippen LogP contribution in [0.15, 0.2) is 10.3 Å². The summed E-state index contributed by atoms with van der Waals surface area (Å²) < 4.78 is 0. The number of nitrogens with one attached hydrogen (secondary N) is 2. The molecule has 0 heterocycles. The Bertz CT molecular complexity index is 471. The molecule has 0 saturated heterocycles. The van der Waals surface area contributed by atoms with Gasteiger partial charge in [-0.1, -0.05) is 17.2 Å². The minimum atomic E-state index is -0.473. The summed E-state index contributed by atoms with van der Waals surface area (Å²) in [6.45, 7) is 13.1. The lowest BCUT2D eigenvalue weighted by molar-refractivity contribution is -0.118. The predicted octanol–water partition coefficient (Wildman–Crippen LogP) is 2.94. The molecule has 0 rings (SSSR count). The molecule has 0 atom stereocenters. The van der Waals surface area contributed by atoms with Crippen LogP contribution in [0.5, 0.6) is 0 Å². The predicted molar refractivity (Wildman–Crippen MR) is 102 cm³/mol. The van der Waals surface area contributed by atoms with Gasteiger partial charge in [0.25, 0.3) is 0 Å². The molecular weight excluding hydrogens is 320 g/mol. The molecule has 146 valence electrons. The summed E-state index contributed by atoms with van der Waals surface area (Å²) in [7, 11) is 0. The Morgan fingerprint density at radius 1 is 0.920 bits per heavy atom. The average Bonchev–Trinajstić information content (AvgIpc) is 2.54. The summed E-state index contributed by atoms with van der Waals surface area (Å²) in [6, 6.07) is 0. The maximum Gasteiger partial charge on any atom is 0.133 e. The molecule has 0 bridgehead atoms. The fraction of sp³-hybridized carbons (Fsp3) is 0.833. The van der Waals surface area contributed by atoms with Crippen molar-refractivity contribution >= 4 is 17.2 Å². The number of Topliss-reactive ketones (excluding diaryl/α,β-unsaturated/α-hetero) is 1. The van der Waals surface area contributed by atoms with Crippen LogP contribution in [-0.4, -0.2) is 51.8 Å². The number of hydrogen-bond acceptors (Lipinski definition) is 7.